The highest BCUT2D eigenvalue weighted by Gasteiger charge is 2.14. The molecule has 1 aromatic heterocycles. The zero-order valence-electron chi connectivity index (χ0n) is 11.6. The van der Waals surface area contributed by atoms with E-state index in [1.165, 1.54) is 19.2 Å². The first-order valence-electron chi connectivity index (χ1n) is 6.32. The molecular formula is C15H16O5. The number of carbonyl (C=O) groups is 1. The number of hydrogen-bond donors (Lipinski definition) is 0. The van der Waals surface area contributed by atoms with Crippen LogP contribution < -0.4 is 15.1 Å². The zero-order chi connectivity index (χ0) is 14.7. The van der Waals surface area contributed by atoms with Gasteiger partial charge >= 0.3 is 11.6 Å². The van der Waals surface area contributed by atoms with Crippen molar-refractivity contribution in [1.82, 2.24) is 0 Å². The summed E-state index contributed by atoms with van der Waals surface area (Å²) < 4.78 is 15.5. The Labute approximate surface area is 116 Å². The molecule has 2 aromatic rings. The molecule has 20 heavy (non-hydrogen) atoms. The lowest BCUT2D eigenvalue weighted by molar-refractivity contribution is -0.135. The smallest absolute Gasteiger partial charge is 0.336 e. The van der Waals surface area contributed by atoms with Gasteiger partial charge in [-0.15, -0.1) is 0 Å². The van der Waals surface area contributed by atoms with E-state index in [1.807, 2.05) is 13.8 Å². The highest BCUT2D eigenvalue weighted by atomic mass is 16.6. The maximum Gasteiger partial charge on any atom is 0.336 e. The lowest BCUT2D eigenvalue weighted by atomic mass is 10.1. The molecule has 0 bridgehead atoms. The number of hydrogen-bond acceptors (Lipinski definition) is 5. The fraction of sp³-hybridized carbons (Fsp3) is 0.333. The Morgan fingerprint density at radius 2 is 2.00 bits per heavy atom. The van der Waals surface area contributed by atoms with Crippen molar-refractivity contribution in [2.75, 3.05) is 7.11 Å². The summed E-state index contributed by atoms with van der Waals surface area (Å²) in [5.41, 5.74) is -0.104. The maximum atomic E-state index is 11.7. The van der Waals surface area contributed by atoms with Gasteiger partial charge in [-0.25, -0.2) is 4.79 Å². The fourth-order valence-electron chi connectivity index (χ4n) is 1.81. The largest absolute Gasteiger partial charge is 0.493 e. The lowest BCUT2D eigenvalue weighted by Crippen LogP contribution is -2.11. The number of ether oxygens (including phenoxy) is 2. The Kier molecular flexibility index (Phi) is 4.08. The second kappa shape index (κ2) is 5.77. The molecule has 0 spiro atoms. The first-order valence-corrected chi connectivity index (χ1v) is 6.32. The minimum atomic E-state index is -0.456. The maximum absolute atomic E-state index is 11.7. The molecule has 0 aliphatic carbocycles. The average molecular weight is 276 g/mol. The van der Waals surface area contributed by atoms with Crippen LogP contribution in [0.15, 0.2) is 33.5 Å². The van der Waals surface area contributed by atoms with E-state index in [-0.39, 0.29) is 17.6 Å². The van der Waals surface area contributed by atoms with Gasteiger partial charge in [0, 0.05) is 23.9 Å². The molecule has 0 fully saturated rings. The fourth-order valence-corrected chi connectivity index (χ4v) is 1.81. The zero-order valence-corrected chi connectivity index (χ0v) is 11.6. The van der Waals surface area contributed by atoms with Gasteiger partial charge in [0.1, 0.15) is 5.58 Å². The molecular weight excluding hydrogens is 260 g/mol. The Hall–Kier alpha value is -2.30. The normalized spacial score (nSPS) is 10.8. The molecule has 1 heterocycles. The first kappa shape index (κ1) is 14.1. The van der Waals surface area contributed by atoms with Gasteiger partial charge in [0.05, 0.1) is 7.11 Å². The summed E-state index contributed by atoms with van der Waals surface area (Å²) in [6, 6.07) is 6.11. The van der Waals surface area contributed by atoms with Crippen LogP contribution in [0, 0.1) is 5.92 Å². The van der Waals surface area contributed by atoms with E-state index in [1.54, 1.807) is 12.1 Å². The molecule has 2 rings (SSSR count). The van der Waals surface area contributed by atoms with Crippen molar-refractivity contribution in [1.29, 1.82) is 0 Å². The van der Waals surface area contributed by atoms with Crippen LogP contribution in [-0.4, -0.2) is 13.1 Å². The van der Waals surface area contributed by atoms with Gasteiger partial charge in [0.2, 0.25) is 0 Å². The molecule has 0 saturated heterocycles. The Bertz CT molecular complexity index is 684. The molecule has 0 amide bonds. The van der Waals surface area contributed by atoms with Crippen LogP contribution in [0.5, 0.6) is 11.5 Å². The van der Waals surface area contributed by atoms with Crippen LogP contribution in [0.25, 0.3) is 11.0 Å². The third-order valence-electron chi connectivity index (χ3n) is 2.70. The van der Waals surface area contributed by atoms with Crippen molar-refractivity contribution in [3.05, 3.63) is 34.7 Å². The van der Waals surface area contributed by atoms with Crippen LogP contribution in [0.4, 0.5) is 0 Å². The Morgan fingerprint density at radius 1 is 1.25 bits per heavy atom. The van der Waals surface area contributed by atoms with Gasteiger partial charge in [0.25, 0.3) is 0 Å². The second-order valence-corrected chi connectivity index (χ2v) is 4.87. The van der Waals surface area contributed by atoms with Crippen LogP contribution >= 0.6 is 0 Å². The van der Waals surface area contributed by atoms with Crippen molar-refractivity contribution in [3.63, 3.8) is 0 Å². The van der Waals surface area contributed by atoms with Crippen molar-refractivity contribution >= 4 is 16.9 Å². The molecule has 0 atom stereocenters. The quantitative estimate of drug-likeness (QED) is 0.488. The summed E-state index contributed by atoms with van der Waals surface area (Å²) in [5.74, 6) is 0.520. The molecule has 0 aliphatic rings. The number of benzene rings is 1. The highest BCUT2D eigenvalue weighted by molar-refractivity contribution is 5.82. The van der Waals surface area contributed by atoms with E-state index in [0.717, 1.165) is 0 Å². The Balaban J connectivity index is 2.40. The molecule has 5 heteroatoms. The minimum absolute atomic E-state index is 0.201. The molecule has 1 aromatic carbocycles. The van der Waals surface area contributed by atoms with Crippen LogP contribution in [0.2, 0.25) is 0 Å². The Morgan fingerprint density at radius 3 is 2.65 bits per heavy atom. The van der Waals surface area contributed by atoms with Gasteiger partial charge in [-0.1, -0.05) is 13.8 Å². The number of rotatable bonds is 4. The summed E-state index contributed by atoms with van der Waals surface area (Å²) in [4.78, 5) is 22.9. The van der Waals surface area contributed by atoms with Gasteiger partial charge in [-0.05, 0) is 18.1 Å². The van der Waals surface area contributed by atoms with Crippen molar-refractivity contribution in [2.24, 2.45) is 5.92 Å². The van der Waals surface area contributed by atoms with Crippen LogP contribution in [0.1, 0.15) is 20.3 Å². The van der Waals surface area contributed by atoms with Gasteiger partial charge in [-0.2, -0.15) is 0 Å². The van der Waals surface area contributed by atoms with E-state index in [4.69, 9.17) is 13.9 Å². The van der Waals surface area contributed by atoms with Crippen molar-refractivity contribution in [3.8, 4) is 11.5 Å². The first-order chi connectivity index (χ1) is 9.49. The predicted octanol–water partition coefficient (Wildman–Crippen LogP) is 2.75. The third-order valence-corrected chi connectivity index (χ3v) is 2.70. The number of fused-ring (bicyclic) bond motifs is 1. The van der Waals surface area contributed by atoms with Gasteiger partial charge < -0.3 is 13.9 Å². The van der Waals surface area contributed by atoms with Gasteiger partial charge in [-0.3, -0.25) is 4.79 Å². The third kappa shape index (κ3) is 3.17. The lowest BCUT2D eigenvalue weighted by Gasteiger charge is -2.11. The van der Waals surface area contributed by atoms with Crippen LogP contribution in [0.3, 0.4) is 0 Å². The summed E-state index contributed by atoms with van der Waals surface area (Å²) in [7, 11) is 1.49. The molecule has 0 N–H and O–H groups in total. The molecule has 106 valence electrons. The highest BCUT2D eigenvalue weighted by Crippen LogP contribution is 2.32. The monoisotopic (exact) mass is 276 g/mol. The van der Waals surface area contributed by atoms with E-state index in [2.05, 4.69) is 0 Å². The summed E-state index contributed by atoms with van der Waals surface area (Å²) >= 11 is 0. The summed E-state index contributed by atoms with van der Waals surface area (Å²) in [6.45, 7) is 3.86. The molecule has 0 aliphatic heterocycles. The average Bonchev–Trinajstić information content (AvgIpc) is 2.36. The van der Waals surface area contributed by atoms with E-state index in [9.17, 15) is 9.59 Å². The molecule has 0 unspecified atom stereocenters. The van der Waals surface area contributed by atoms with E-state index in [0.29, 0.717) is 23.1 Å². The van der Waals surface area contributed by atoms with Crippen LogP contribution in [-0.2, 0) is 4.79 Å². The minimum Gasteiger partial charge on any atom is -0.493 e. The molecule has 0 radical (unpaired) electrons. The van der Waals surface area contributed by atoms with E-state index >= 15 is 0 Å². The van der Waals surface area contributed by atoms with Crippen molar-refractivity contribution in [2.45, 2.75) is 20.3 Å². The topological polar surface area (TPSA) is 65.7 Å². The van der Waals surface area contributed by atoms with E-state index < -0.39 is 5.63 Å². The number of methoxy groups -OCH3 is 1. The second-order valence-electron chi connectivity index (χ2n) is 4.87. The van der Waals surface area contributed by atoms with Gasteiger partial charge in [0.15, 0.2) is 11.5 Å². The number of esters is 1. The predicted molar refractivity (Wildman–Crippen MR) is 74.1 cm³/mol. The summed E-state index contributed by atoms with van der Waals surface area (Å²) in [5, 5.41) is 0.699. The van der Waals surface area contributed by atoms with Crippen molar-refractivity contribution < 1.29 is 18.7 Å². The molecule has 5 nitrogen and oxygen atoms in total. The standard InChI is InChI=1S/C15H16O5/c1-9(2)6-15(17)20-13-8-11-10(7-12(13)18-3)4-5-14(16)19-11/h4-5,7-9H,6H2,1-3H3. The SMILES string of the molecule is COc1cc2ccc(=O)oc2cc1OC(=O)CC(C)C. The molecule has 0 saturated carbocycles. The summed E-state index contributed by atoms with van der Waals surface area (Å²) in [6.07, 6.45) is 0.305. The number of carbonyl (C=O) groups excluding carboxylic acids is 1.